The number of carbonyl (C=O) groups is 2. The van der Waals surface area contributed by atoms with E-state index in [1.54, 1.807) is 30.3 Å². The molecule has 2 aromatic carbocycles. The number of nitrogens with one attached hydrogen (secondary N) is 1. The van der Waals surface area contributed by atoms with Gasteiger partial charge in [-0.2, -0.15) is 0 Å². The van der Waals surface area contributed by atoms with Crippen molar-refractivity contribution in [2.45, 2.75) is 0 Å². The summed E-state index contributed by atoms with van der Waals surface area (Å²) < 4.78 is 0.934. The van der Waals surface area contributed by atoms with Crippen molar-refractivity contribution in [3.63, 3.8) is 0 Å². The highest BCUT2D eigenvalue weighted by Gasteiger charge is 2.08. The van der Waals surface area contributed by atoms with E-state index >= 15 is 0 Å². The Kier molecular flexibility index (Phi) is 4.90. The first-order chi connectivity index (χ1) is 10.1. The molecular formula is C16H13BrN2O2. The molecule has 4 nitrogen and oxygen atoms in total. The predicted octanol–water partition coefficient (Wildman–Crippen LogP) is 3.20. The van der Waals surface area contributed by atoms with Gasteiger partial charge in [0.15, 0.2) is 0 Å². The van der Waals surface area contributed by atoms with Crippen molar-refractivity contribution in [3.8, 4) is 0 Å². The van der Waals surface area contributed by atoms with Crippen LogP contribution in [0, 0.1) is 0 Å². The van der Waals surface area contributed by atoms with Crippen LogP contribution in [-0.2, 0) is 4.79 Å². The molecule has 0 fully saturated rings. The molecular weight excluding hydrogens is 332 g/mol. The summed E-state index contributed by atoms with van der Waals surface area (Å²) in [6, 6.07) is 14.2. The number of hydrogen-bond acceptors (Lipinski definition) is 2. The normalized spacial score (nSPS) is 10.5. The number of carbonyl (C=O) groups excluding carboxylic acids is 2. The highest BCUT2D eigenvalue weighted by molar-refractivity contribution is 9.10. The molecule has 0 spiro atoms. The van der Waals surface area contributed by atoms with Crippen molar-refractivity contribution in [2.24, 2.45) is 5.73 Å². The highest BCUT2D eigenvalue weighted by atomic mass is 79.9. The summed E-state index contributed by atoms with van der Waals surface area (Å²) in [6.07, 6.45) is 3.09. The molecule has 2 rings (SSSR count). The van der Waals surface area contributed by atoms with Gasteiger partial charge in [0, 0.05) is 10.5 Å². The molecule has 0 saturated heterocycles. The van der Waals surface area contributed by atoms with E-state index in [9.17, 15) is 9.59 Å². The Morgan fingerprint density at radius 2 is 1.86 bits per heavy atom. The molecule has 5 heteroatoms. The smallest absolute Gasteiger partial charge is 0.250 e. The summed E-state index contributed by atoms with van der Waals surface area (Å²) in [5.74, 6) is -0.912. The van der Waals surface area contributed by atoms with E-state index in [-0.39, 0.29) is 11.5 Å². The number of benzene rings is 2. The van der Waals surface area contributed by atoms with Crippen LogP contribution < -0.4 is 11.1 Å². The van der Waals surface area contributed by atoms with Crippen molar-refractivity contribution in [1.82, 2.24) is 0 Å². The number of halogens is 1. The summed E-state index contributed by atoms with van der Waals surface area (Å²) >= 11 is 3.36. The first-order valence-corrected chi connectivity index (χ1v) is 6.99. The molecule has 0 radical (unpaired) electrons. The molecule has 0 heterocycles. The molecule has 0 atom stereocenters. The summed E-state index contributed by atoms with van der Waals surface area (Å²) in [7, 11) is 0. The van der Waals surface area contributed by atoms with Crippen LogP contribution in [0.3, 0.4) is 0 Å². The van der Waals surface area contributed by atoms with Crippen LogP contribution >= 0.6 is 15.9 Å². The molecule has 2 aromatic rings. The Balaban J connectivity index is 2.10. The molecule has 0 aliphatic heterocycles. The van der Waals surface area contributed by atoms with Gasteiger partial charge in [0.1, 0.15) is 0 Å². The maximum absolute atomic E-state index is 11.9. The average Bonchev–Trinajstić information content (AvgIpc) is 2.45. The van der Waals surface area contributed by atoms with E-state index in [4.69, 9.17) is 5.73 Å². The second-order valence-corrected chi connectivity index (χ2v) is 5.20. The first-order valence-electron chi connectivity index (χ1n) is 6.20. The van der Waals surface area contributed by atoms with Gasteiger partial charge in [-0.1, -0.05) is 40.2 Å². The monoisotopic (exact) mass is 344 g/mol. The molecule has 2 amide bonds. The molecule has 0 aliphatic rings. The van der Waals surface area contributed by atoms with E-state index in [1.165, 1.54) is 6.08 Å². The van der Waals surface area contributed by atoms with Crippen molar-refractivity contribution >= 4 is 39.5 Å². The lowest BCUT2D eigenvalue weighted by atomic mass is 10.1. The van der Waals surface area contributed by atoms with Crippen LogP contribution in [0.25, 0.3) is 6.08 Å². The molecule has 0 bridgehead atoms. The van der Waals surface area contributed by atoms with E-state index in [2.05, 4.69) is 21.2 Å². The van der Waals surface area contributed by atoms with Gasteiger partial charge >= 0.3 is 0 Å². The molecule has 3 N–H and O–H groups in total. The lowest BCUT2D eigenvalue weighted by molar-refractivity contribution is -0.111. The second-order valence-electron chi connectivity index (χ2n) is 4.29. The van der Waals surface area contributed by atoms with Crippen molar-refractivity contribution in [3.05, 3.63) is 70.2 Å². The van der Waals surface area contributed by atoms with Crippen LogP contribution in [-0.4, -0.2) is 11.8 Å². The van der Waals surface area contributed by atoms with Gasteiger partial charge in [-0.05, 0) is 35.9 Å². The van der Waals surface area contributed by atoms with Crippen LogP contribution in [0.4, 0.5) is 5.69 Å². The molecule has 0 unspecified atom stereocenters. The molecule has 0 aromatic heterocycles. The number of amides is 2. The highest BCUT2D eigenvalue weighted by Crippen LogP contribution is 2.15. The number of anilines is 1. The first kappa shape index (κ1) is 15.0. The zero-order valence-electron chi connectivity index (χ0n) is 11.0. The number of hydrogen-bond donors (Lipinski definition) is 2. The van der Waals surface area contributed by atoms with Crippen molar-refractivity contribution < 1.29 is 9.59 Å². The van der Waals surface area contributed by atoms with Gasteiger partial charge in [0.05, 0.1) is 11.3 Å². The molecule has 0 aliphatic carbocycles. The van der Waals surface area contributed by atoms with Gasteiger partial charge in [-0.25, -0.2) is 0 Å². The van der Waals surface area contributed by atoms with Crippen molar-refractivity contribution in [2.75, 3.05) is 5.32 Å². The summed E-state index contributed by atoms with van der Waals surface area (Å²) in [6.45, 7) is 0. The van der Waals surface area contributed by atoms with Gasteiger partial charge in [-0.3, -0.25) is 9.59 Å². The number of rotatable bonds is 4. The van der Waals surface area contributed by atoms with Gasteiger partial charge < -0.3 is 11.1 Å². The molecule has 0 saturated carbocycles. The number of primary amides is 1. The minimum Gasteiger partial charge on any atom is -0.366 e. The van der Waals surface area contributed by atoms with Gasteiger partial charge in [0.2, 0.25) is 5.91 Å². The standard InChI is InChI=1S/C16H13BrN2O2/c17-12-5-3-4-11(10-12)8-9-15(20)19-14-7-2-1-6-13(14)16(18)21/h1-10H,(H2,18,21)(H,19,20)/b9-8+. The van der Waals surface area contributed by atoms with E-state index < -0.39 is 5.91 Å². The van der Waals surface area contributed by atoms with E-state index in [0.717, 1.165) is 10.0 Å². The van der Waals surface area contributed by atoms with Crippen LogP contribution in [0.1, 0.15) is 15.9 Å². The number of para-hydroxylation sites is 1. The SMILES string of the molecule is NC(=O)c1ccccc1NC(=O)/C=C/c1cccc(Br)c1. The summed E-state index contributed by atoms with van der Waals surface area (Å²) in [5.41, 5.74) is 6.83. The third-order valence-corrected chi connectivity index (χ3v) is 3.22. The summed E-state index contributed by atoms with van der Waals surface area (Å²) in [4.78, 5) is 23.2. The fraction of sp³-hybridized carbons (Fsp3) is 0. The Hall–Kier alpha value is -2.40. The zero-order chi connectivity index (χ0) is 15.2. The second kappa shape index (κ2) is 6.85. The Morgan fingerprint density at radius 1 is 1.10 bits per heavy atom. The zero-order valence-corrected chi connectivity index (χ0v) is 12.6. The maximum atomic E-state index is 11.9. The Bertz CT molecular complexity index is 711. The minimum absolute atomic E-state index is 0.279. The quantitative estimate of drug-likeness (QED) is 0.836. The fourth-order valence-corrected chi connectivity index (χ4v) is 2.18. The number of nitrogens with two attached hydrogens (primary N) is 1. The van der Waals surface area contributed by atoms with Crippen LogP contribution in [0.2, 0.25) is 0 Å². The maximum Gasteiger partial charge on any atom is 0.250 e. The van der Waals surface area contributed by atoms with Crippen molar-refractivity contribution in [1.29, 1.82) is 0 Å². The largest absolute Gasteiger partial charge is 0.366 e. The van der Waals surface area contributed by atoms with Crippen LogP contribution in [0.15, 0.2) is 59.1 Å². The average molecular weight is 345 g/mol. The Labute approximate surface area is 130 Å². The van der Waals surface area contributed by atoms with E-state index in [0.29, 0.717) is 5.69 Å². The van der Waals surface area contributed by atoms with Gasteiger partial charge in [-0.15, -0.1) is 0 Å². The lowest BCUT2D eigenvalue weighted by Crippen LogP contribution is -2.16. The van der Waals surface area contributed by atoms with E-state index in [1.807, 2.05) is 24.3 Å². The minimum atomic E-state index is -0.582. The van der Waals surface area contributed by atoms with Gasteiger partial charge in [0.25, 0.3) is 5.91 Å². The molecule has 21 heavy (non-hydrogen) atoms. The third-order valence-electron chi connectivity index (χ3n) is 2.73. The topological polar surface area (TPSA) is 72.2 Å². The predicted molar refractivity (Wildman–Crippen MR) is 86.8 cm³/mol. The third kappa shape index (κ3) is 4.29. The summed E-state index contributed by atoms with van der Waals surface area (Å²) in [5, 5.41) is 2.64. The van der Waals surface area contributed by atoms with Crippen LogP contribution in [0.5, 0.6) is 0 Å². The fourth-order valence-electron chi connectivity index (χ4n) is 1.76. The Morgan fingerprint density at radius 3 is 2.57 bits per heavy atom. The molecule has 106 valence electrons. The lowest BCUT2D eigenvalue weighted by Gasteiger charge is -2.06.